The van der Waals surface area contributed by atoms with Gasteiger partial charge in [0, 0.05) is 25.2 Å². The zero-order chi connectivity index (χ0) is 11.1. The lowest BCUT2D eigenvalue weighted by Crippen LogP contribution is -2.24. The Kier molecular flexibility index (Phi) is 2.47. The van der Waals surface area contributed by atoms with Crippen LogP contribution in [0.25, 0.3) is 0 Å². The number of fused-ring (bicyclic) bond motifs is 1. The van der Waals surface area contributed by atoms with Crippen molar-refractivity contribution < 1.29 is 5.11 Å². The SMILES string of the molecule is CN1CC(CC(C)(C)O)c2ccccc21. The average Bonchev–Trinajstić information content (AvgIpc) is 2.42. The van der Waals surface area contributed by atoms with E-state index >= 15 is 0 Å². The number of anilines is 1. The van der Waals surface area contributed by atoms with Gasteiger partial charge in [-0.1, -0.05) is 18.2 Å². The summed E-state index contributed by atoms with van der Waals surface area (Å²) in [5.74, 6) is 0.464. The molecule has 1 atom stereocenters. The van der Waals surface area contributed by atoms with Crippen LogP contribution in [0.2, 0.25) is 0 Å². The van der Waals surface area contributed by atoms with E-state index in [1.165, 1.54) is 11.3 Å². The summed E-state index contributed by atoms with van der Waals surface area (Å²) < 4.78 is 0. The van der Waals surface area contributed by atoms with Crippen LogP contribution in [0.15, 0.2) is 24.3 Å². The van der Waals surface area contributed by atoms with Crippen molar-refractivity contribution in [3.8, 4) is 0 Å². The monoisotopic (exact) mass is 205 g/mol. The normalized spacial score (nSPS) is 20.5. The molecule has 2 nitrogen and oxygen atoms in total. The number of aliphatic hydroxyl groups is 1. The van der Waals surface area contributed by atoms with E-state index in [1.54, 1.807) is 0 Å². The first-order chi connectivity index (χ1) is 6.97. The molecule has 0 fully saturated rings. The predicted octanol–water partition coefficient (Wildman–Crippen LogP) is 2.38. The van der Waals surface area contributed by atoms with Crippen molar-refractivity contribution in [1.29, 1.82) is 0 Å². The Balaban J connectivity index is 2.25. The van der Waals surface area contributed by atoms with Gasteiger partial charge >= 0.3 is 0 Å². The molecule has 0 amide bonds. The molecule has 2 heteroatoms. The maximum Gasteiger partial charge on any atom is 0.0598 e. The Labute approximate surface area is 91.5 Å². The third-order valence-corrected chi connectivity index (χ3v) is 3.03. The van der Waals surface area contributed by atoms with Gasteiger partial charge in [0.15, 0.2) is 0 Å². The van der Waals surface area contributed by atoms with Gasteiger partial charge in [-0.05, 0) is 31.9 Å². The Morgan fingerprint density at radius 2 is 2.07 bits per heavy atom. The van der Waals surface area contributed by atoms with Crippen molar-refractivity contribution in [2.45, 2.75) is 31.8 Å². The summed E-state index contributed by atoms with van der Waals surface area (Å²) in [6.45, 7) is 4.78. The number of likely N-dealkylation sites (N-methyl/N-ethyl adjacent to an activating group) is 1. The molecule has 0 aliphatic carbocycles. The zero-order valence-electron chi connectivity index (χ0n) is 9.70. The second-order valence-electron chi connectivity index (χ2n) is 5.15. The van der Waals surface area contributed by atoms with Crippen molar-refractivity contribution in [2.75, 3.05) is 18.5 Å². The molecular formula is C13H19NO. The molecule has 15 heavy (non-hydrogen) atoms. The minimum absolute atomic E-state index is 0.464. The molecule has 1 aromatic carbocycles. The zero-order valence-corrected chi connectivity index (χ0v) is 9.70. The van der Waals surface area contributed by atoms with E-state index in [9.17, 15) is 5.11 Å². The molecule has 0 aromatic heterocycles. The molecule has 2 rings (SSSR count). The fraction of sp³-hybridized carbons (Fsp3) is 0.538. The van der Waals surface area contributed by atoms with Crippen LogP contribution in [-0.2, 0) is 0 Å². The van der Waals surface area contributed by atoms with Gasteiger partial charge in [-0.25, -0.2) is 0 Å². The van der Waals surface area contributed by atoms with E-state index in [-0.39, 0.29) is 0 Å². The van der Waals surface area contributed by atoms with Crippen LogP contribution in [0.4, 0.5) is 5.69 Å². The fourth-order valence-corrected chi connectivity index (χ4v) is 2.49. The molecule has 0 spiro atoms. The fourth-order valence-electron chi connectivity index (χ4n) is 2.49. The van der Waals surface area contributed by atoms with E-state index in [4.69, 9.17) is 0 Å². The highest BCUT2D eigenvalue weighted by atomic mass is 16.3. The first-order valence-electron chi connectivity index (χ1n) is 5.50. The summed E-state index contributed by atoms with van der Waals surface area (Å²) >= 11 is 0. The molecular weight excluding hydrogens is 186 g/mol. The molecule has 1 heterocycles. The topological polar surface area (TPSA) is 23.5 Å². The number of benzene rings is 1. The van der Waals surface area contributed by atoms with Gasteiger partial charge in [0.05, 0.1) is 5.60 Å². The summed E-state index contributed by atoms with van der Waals surface area (Å²) in [6, 6.07) is 8.48. The third-order valence-electron chi connectivity index (χ3n) is 3.03. The van der Waals surface area contributed by atoms with Gasteiger partial charge in [0.1, 0.15) is 0 Å². The smallest absolute Gasteiger partial charge is 0.0598 e. The molecule has 82 valence electrons. The Morgan fingerprint density at radius 1 is 1.40 bits per heavy atom. The van der Waals surface area contributed by atoms with Gasteiger partial charge < -0.3 is 10.0 Å². The highest BCUT2D eigenvalue weighted by Gasteiger charge is 2.30. The molecule has 1 aliphatic rings. The Bertz CT molecular complexity index is 354. The molecule has 0 radical (unpaired) electrons. The maximum absolute atomic E-state index is 9.87. The summed E-state index contributed by atoms with van der Waals surface area (Å²) in [5.41, 5.74) is 2.11. The predicted molar refractivity (Wildman–Crippen MR) is 63.4 cm³/mol. The number of hydrogen-bond donors (Lipinski definition) is 1. The van der Waals surface area contributed by atoms with Crippen molar-refractivity contribution >= 4 is 5.69 Å². The van der Waals surface area contributed by atoms with E-state index in [0.717, 1.165) is 13.0 Å². The Morgan fingerprint density at radius 3 is 2.73 bits per heavy atom. The van der Waals surface area contributed by atoms with Crippen LogP contribution in [0, 0.1) is 0 Å². The van der Waals surface area contributed by atoms with Gasteiger partial charge in [-0.3, -0.25) is 0 Å². The summed E-state index contributed by atoms with van der Waals surface area (Å²) in [6.07, 6.45) is 0.828. The van der Waals surface area contributed by atoms with Gasteiger partial charge in [0.25, 0.3) is 0 Å². The summed E-state index contributed by atoms with van der Waals surface area (Å²) in [5, 5.41) is 9.87. The van der Waals surface area contributed by atoms with Crippen molar-refractivity contribution in [3.63, 3.8) is 0 Å². The van der Waals surface area contributed by atoms with Gasteiger partial charge in [0.2, 0.25) is 0 Å². The second-order valence-corrected chi connectivity index (χ2v) is 5.15. The maximum atomic E-state index is 9.87. The van der Waals surface area contributed by atoms with Crippen LogP contribution >= 0.6 is 0 Å². The van der Waals surface area contributed by atoms with Crippen molar-refractivity contribution in [1.82, 2.24) is 0 Å². The minimum Gasteiger partial charge on any atom is -0.390 e. The van der Waals surface area contributed by atoms with Gasteiger partial charge in [-0.2, -0.15) is 0 Å². The van der Waals surface area contributed by atoms with Crippen LogP contribution in [0.1, 0.15) is 31.7 Å². The molecule has 0 saturated carbocycles. The lowest BCUT2D eigenvalue weighted by molar-refractivity contribution is 0.0645. The molecule has 1 aliphatic heterocycles. The molecule has 0 saturated heterocycles. The third kappa shape index (κ3) is 2.15. The lowest BCUT2D eigenvalue weighted by atomic mass is 9.89. The van der Waals surface area contributed by atoms with E-state index in [2.05, 4.69) is 36.2 Å². The van der Waals surface area contributed by atoms with E-state index in [1.807, 2.05) is 13.8 Å². The minimum atomic E-state index is -0.580. The lowest BCUT2D eigenvalue weighted by Gasteiger charge is -2.22. The first kappa shape index (κ1) is 10.5. The number of hydrogen-bond acceptors (Lipinski definition) is 2. The first-order valence-corrected chi connectivity index (χ1v) is 5.50. The van der Waals surface area contributed by atoms with Crippen LogP contribution in [-0.4, -0.2) is 24.3 Å². The van der Waals surface area contributed by atoms with E-state index < -0.39 is 5.60 Å². The largest absolute Gasteiger partial charge is 0.390 e. The Hall–Kier alpha value is -1.02. The number of nitrogens with zero attached hydrogens (tertiary/aromatic N) is 1. The van der Waals surface area contributed by atoms with Crippen LogP contribution in [0.5, 0.6) is 0 Å². The highest BCUT2D eigenvalue weighted by molar-refractivity contribution is 5.59. The van der Waals surface area contributed by atoms with Gasteiger partial charge in [-0.15, -0.1) is 0 Å². The number of para-hydroxylation sites is 1. The van der Waals surface area contributed by atoms with Crippen LogP contribution in [0.3, 0.4) is 0 Å². The summed E-state index contributed by atoms with van der Waals surface area (Å²) in [7, 11) is 2.11. The summed E-state index contributed by atoms with van der Waals surface area (Å²) in [4.78, 5) is 2.27. The molecule has 1 N–H and O–H groups in total. The molecule has 1 aromatic rings. The molecule has 1 unspecified atom stereocenters. The standard InChI is InChI=1S/C13H19NO/c1-13(2,15)8-10-9-14(3)12-7-5-4-6-11(10)12/h4-7,10,15H,8-9H2,1-3H3. The van der Waals surface area contributed by atoms with Crippen LogP contribution < -0.4 is 4.90 Å². The molecule has 0 bridgehead atoms. The quantitative estimate of drug-likeness (QED) is 0.801. The highest BCUT2D eigenvalue weighted by Crippen LogP contribution is 2.38. The van der Waals surface area contributed by atoms with Crippen molar-refractivity contribution in [2.24, 2.45) is 0 Å². The average molecular weight is 205 g/mol. The second kappa shape index (κ2) is 3.53. The van der Waals surface area contributed by atoms with E-state index in [0.29, 0.717) is 5.92 Å². The van der Waals surface area contributed by atoms with Crippen molar-refractivity contribution in [3.05, 3.63) is 29.8 Å². The number of rotatable bonds is 2.